The maximum absolute atomic E-state index is 14.2. The molecule has 0 radical (unpaired) electrons. The molecule has 5 nitrogen and oxygen atoms in total. The van der Waals surface area contributed by atoms with Crippen LogP contribution >= 0.6 is 0 Å². The summed E-state index contributed by atoms with van der Waals surface area (Å²) in [5.41, 5.74) is 2.49. The van der Waals surface area contributed by atoms with Gasteiger partial charge in [-0.2, -0.15) is 0 Å². The van der Waals surface area contributed by atoms with Gasteiger partial charge in [-0.15, -0.1) is 0 Å². The number of allylic oxidation sites excluding steroid dienone is 1. The Morgan fingerprint density at radius 1 is 1.27 bits per heavy atom. The van der Waals surface area contributed by atoms with Crippen molar-refractivity contribution in [2.45, 2.75) is 6.92 Å². The second-order valence-corrected chi connectivity index (χ2v) is 5.48. The van der Waals surface area contributed by atoms with Gasteiger partial charge in [0.1, 0.15) is 5.82 Å². The number of carbonyl (C=O) groups is 1. The van der Waals surface area contributed by atoms with E-state index < -0.39 is 0 Å². The molecule has 0 bridgehead atoms. The van der Waals surface area contributed by atoms with Gasteiger partial charge in [-0.1, -0.05) is 36.4 Å². The Bertz CT molecular complexity index is 976. The third-order valence-corrected chi connectivity index (χ3v) is 3.88. The number of imidazole rings is 1. The SMILES string of the molecule is C=Nc1nc[nH]c1/C(=C\C)C(=O)Nc1ccc(F)c(-c2ccccc2)c1. The minimum Gasteiger partial charge on any atom is -0.343 e. The van der Waals surface area contributed by atoms with Crippen molar-refractivity contribution >= 4 is 29.7 Å². The average molecular weight is 348 g/mol. The summed E-state index contributed by atoms with van der Waals surface area (Å²) in [7, 11) is 0. The number of H-pyrrole nitrogens is 1. The molecule has 0 aliphatic carbocycles. The molecule has 3 rings (SSSR count). The number of nitrogens with one attached hydrogen (secondary N) is 2. The largest absolute Gasteiger partial charge is 0.343 e. The fraction of sp³-hybridized carbons (Fsp3) is 0.0500. The predicted molar refractivity (Wildman–Crippen MR) is 102 cm³/mol. The number of carbonyl (C=O) groups excluding carboxylic acids is 1. The van der Waals surface area contributed by atoms with Crippen LogP contribution in [0.25, 0.3) is 16.7 Å². The molecule has 0 saturated carbocycles. The van der Waals surface area contributed by atoms with Crippen LogP contribution in [-0.4, -0.2) is 22.6 Å². The zero-order valence-electron chi connectivity index (χ0n) is 14.2. The average Bonchev–Trinajstić information content (AvgIpc) is 3.13. The quantitative estimate of drug-likeness (QED) is 0.523. The summed E-state index contributed by atoms with van der Waals surface area (Å²) in [6.07, 6.45) is 3.10. The maximum Gasteiger partial charge on any atom is 0.257 e. The van der Waals surface area contributed by atoms with Crippen LogP contribution in [0.2, 0.25) is 0 Å². The molecule has 0 atom stereocenters. The molecular formula is C20H17FN4O. The molecule has 130 valence electrons. The van der Waals surface area contributed by atoms with E-state index in [1.54, 1.807) is 19.1 Å². The van der Waals surface area contributed by atoms with Gasteiger partial charge in [0, 0.05) is 11.3 Å². The summed E-state index contributed by atoms with van der Waals surface area (Å²) < 4.78 is 14.2. The van der Waals surface area contributed by atoms with Crippen molar-refractivity contribution in [2.75, 3.05) is 5.32 Å². The van der Waals surface area contributed by atoms with E-state index >= 15 is 0 Å². The first-order chi connectivity index (χ1) is 12.6. The Balaban J connectivity index is 1.89. The normalized spacial score (nSPS) is 11.2. The third-order valence-electron chi connectivity index (χ3n) is 3.88. The van der Waals surface area contributed by atoms with E-state index in [1.165, 1.54) is 18.5 Å². The van der Waals surface area contributed by atoms with Crippen molar-refractivity contribution in [1.82, 2.24) is 9.97 Å². The fourth-order valence-electron chi connectivity index (χ4n) is 2.63. The molecule has 0 aliphatic heterocycles. The van der Waals surface area contributed by atoms with Crippen molar-refractivity contribution in [3.8, 4) is 11.1 Å². The van der Waals surface area contributed by atoms with Gasteiger partial charge in [-0.25, -0.2) is 14.4 Å². The van der Waals surface area contributed by atoms with Gasteiger partial charge in [0.2, 0.25) is 0 Å². The number of nitrogens with zero attached hydrogens (tertiary/aromatic N) is 2. The summed E-state index contributed by atoms with van der Waals surface area (Å²) in [4.78, 5) is 23.3. The summed E-state index contributed by atoms with van der Waals surface area (Å²) in [6.45, 7) is 5.18. The summed E-state index contributed by atoms with van der Waals surface area (Å²) in [6, 6.07) is 13.6. The Kier molecular flexibility index (Phi) is 5.03. The number of benzene rings is 2. The van der Waals surface area contributed by atoms with Gasteiger partial charge in [-0.05, 0) is 37.4 Å². The first kappa shape index (κ1) is 17.3. The number of aliphatic imine (C=N–C) groups is 1. The highest BCUT2D eigenvalue weighted by molar-refractivity contribution is 6.25. The molecule has 0 saturated heterocycles. The lowest BCUT2D eigenvalue weighted by molar-refractivity contribution is -0.111. The van der Waals surface area contributed by atoms with Crippen LogP contribution in [0.1, 0.15) is 12.6 Å². The van der Waals surface area contributed by atoms with Crippen molar-refractivity contribution in [1.29, 1.82) is 0 Å². The number of aromatic amines is 1. The number of halogens is 1. The van der Waals surface area contributed by atoms with Gasteiger partial charge in [0.25, 0.3) is 5.91 Å². The molecule has 6 heteroatoms. The van der Waals surface area contributed by atoms with E-state index in [-0.39, 0.29) is 11.7 Å². The molecule has 0 spiro atoms. The standard InChI is InChI=1S/C20H17FN4O/c1-3-15(18-19(22-2)24-12-23-18)20(26)25-14-9-10-17(21)16(11-14)13-7-5-4-6-8-13/h3-12H,2H2,1H3,(H,23,24)(H,25,26)/b15-3+. The number of amides is 1. The lowest BCUT2D eigenvalue weighted by atomic mass is 10.0. The van der Waals surface area contributed by atoms with E-state index in [2.05, 4.69) is 27.0 Å². The highest BCUT2D eigenvalue weighted by Crippen LogP contribution is 2.27. The molecule has 1 amide bonds. The van der Waals surface area contributed by atoms with Crippen LogP contribution in [-0.2, 0) is 4.79 Å². The second-order valence-electron chi connectivity index (χ2n) is 5.48. The minimum absolute atomic E-state index is 0.345. The smallest absolute Gasteiger partial charge is 0.257 e. The molecule has 2 aromatic carbocycles. The van der Waals surface area contributed by atoms with Crippen LogP contribution in [0.3, 0.4) is 0 Å². The van der Waals surface area contributed by atoms with E-state index in [9.17, 15) is 9.18 Å². The molecule has 1 heterocycles. The summed E-state index contributed by atoms with van der Waals surface area (Å²) in [5, 5.41) is 2.79. The second kappa shape index (κ2) is 7.57. The minimum atomic E-state index is -0.354. The highest BCUT2D eigenvalue weighted by Gasteiger charge is 2.17. The lowest BCUT2D eigenvalue weighted by Crippen LogP contribution is -2.14. The Morgan fingerprint density at radius 2 is 2.04 bits per heavy atom. The first-order valence-electron chi connectivity index (χ1n) is 7.97. The molecule has 2 N–H and O–H groups in total. The van der Waals surface area contributed by atoms with E-state index in [4.69, 9.17) is 0 Å². The van der Waals surface area contributed by atoms with Crippen molar-refractivity contribution in [3.05, 3.63) is 72.4 Å². The zero-order valence-corrected chi connectivity index (χ0v) is 14.2. The monoisotopic (exact) mass is 348 g/mol. The van der Waals surface area contributed by atoms with Crippen LogP contribution in [0.5, 0.6) is 0 Å². The Labute approximate surface area is 150 Å². The zero-order chi connectivity index (χ0) is 18.5. The van der Waals surface area contributed by atoms with Crippen LogP contribution in [0, 0.1) is 5.82 Å². The molecule has 0 unspecified atom stereocenters. The van der Waals surface area contributed by atoms with Gasteiger partial charge in [0.15, 0.2) is 5.82 Å². The van der Waals surface area contributed by atoms with E-state index in [0.717, 1.165) is 5.56 Å². The van der Waals surface area contributed by atoms with Gasteiger partial charge >= 0.3 is 0 Å². The van der Waals surface area contributed by atoms with Crippen LogP contribution in [0.4, 0.5) is 15.9 Å². The predicted octanol–water partition coefficient (Wildman–Crippen LogP) is 4.59. The first-order valence-corrected chi connectivity index (χ1v) is 7.97. The van der Waals surface area contributed by atoms with Crippen LogP contribution in [0.15, 0.2) is 65.9 Å². The molecule has 3 aromatic rings. The lowest BCUT2D eigenvalue weighted by Gasteiger charge is -2.10. The van der Waals surface area contributed by atoms with Crippen molar-refractivity contribution in [2.24, 2.45) is 4.99 Å². The molecule has 1 aromatic heterocycles. The van der Waals surface area contributed by atoms with Crippen LogP contribution < -0.4 is 5.32 Å². The number of aromatic nitrogens is 2. The topological polar surface area (TPSA) is 70.1 Å². The van der Waals surface area contributed by atoms with Crippen molar-refractivity contribution < 1.29 is 9.18 Å². The van der Waals surface area contributed by atoms with Gasteiger partial charge < -0.3 is 10.3 Å². The fourth-order valence-corrected chi connectivity index (χ4v) is 2.63. The molecule has 0 aliphatic rings. The third kappa shape index (κ3) is 3.44. The Hall–Kier alpha value is -3.54. The van der Waals surface area contributed by atoms with E-state index in [1.807, 2.05) is 30.3 Å². The highest BCUT2D eigenvalue weighted by atomic mass is 19.1. The molecule has 26 heavy (non-hydrogen) atoms. The van der Waals surface area contributed by atoms with Crippen molar-refractivity contribution in [3.63, 3.8) is 0 Å². The number of anilines is 1. The van der Waals surface area contributed by atoms with Gasteiger partial charge in [-0.3, -0.25) is 4.79 Å². The Morgan fingerprint density at radius 3 is 2.73 bits per heavy atom. The molecular weight excluding hydrogens is 331 g/mol. The molecule has 0 fully saturated rings. The maximum atomic E-state index is 14.2. The number of rotatable bonds is 5. The van der Waals surface area contributed by atoms with Gasteiger partial charge in [0.05, 0.1) is 17.6 Å². The summed E-state index contributed by atoms with van der Waals surface area (Å²) >= 11 is 0. The van der Waals surface area contributed by atoms with E-state index in [0.29, 0.717) is 28.3 Å². The summed E-state index contributed by atoms with van der Waals surface area (Å²) in [5.74, 6) is -0.364. The number of hydrogen-bond acceptors (Lipinski definition) is 3. The number of hydrogen-bond donors (Lipinski definition) is 2.